The summed E-state index contributed by atoms with van der Waals surface area (Å²) in [5.74, 6) is 0.108. The number of carbonyl (C=O) groups excluding carboxylic acids is 2. The summed E-state index contributed by atoms with van der Waals surface area (Å²) in [4.78, 5) is 29.6. The molecule has 1 N–H and O–H groups in total. The third-order valence-electron chi connectivity index (χ3n) is 4.99. The lowest BCUT2D eigenvalue weighted by Crippen LogP contribution is -2.51. The zero-order chi connectivity index (χ0) is 18.9. The molecule has 142 valence electrons. The SMILES string of the molecule is CC(C)CC1(c2ccccc2)NC(=O)N(CN2CC(C)OC(C)C2)C1=O. The number of nitrogens with one attached hydrogen (secondary N) is 1. The molecule has 26 heavy (non-hydrogen) atoms. The van der Waals surface area contributed by atoms with Gasteiger partial charge < -0.3 is 10.1 Å². The van der Waals surface area contributed by atoms with Crippen LogP contribution in [0.1, 0.15) is 39.7 Å². The van der Waals surface area contributed by atoms with Gasteiger partial charge in [0.25, 0.3) is 5.91 Å². The minimum atomic E-state index is -0.976. The molecule has 3 unspecified atom stereocenters. The molecule has 6 nitrogen and oxygen atoms in total. The van der Waals surface area contributed by atoms with E-state index in [-0.39, 0.29) is 30.1 Å². The lowest BCUT2D eigenvalue weighted by atomic mass is 9.82. The van der Waals surface area contributed by atoms with E-state index in [0.29, 0.717) is 26.2 Å². The zero-order valence-electron chi connectivity index (χ0n) is 16.1. The second-order valence-electron chi connectivity index (χ2n) is 7.97. The Morgan fingerprint density at radius 2 is 1.77 bits per heavy atom. The van der Waals surface area contributed by atoms with Crippen LogP contribution in [-0.4, -0.2) is 53.7 Å². The van der Waals surface area contributed by atoms with Crippen LogP contribution in [0.5, 0.6) is 0 Å². The molecule has 2 saturated heterocycles. The molecule has 0 saturated carbocycles. The average molecular weight is 359 g/mol. The Hall–Kier alpha value is -1.92. The lowest BCUT2D eigenvalue weighted by Gasteiger charge is -2.37. The van der Waals surface area contributed by atoms with Gasteiger partial charge in [0.1, 0.15) is 5.54 Å². The molecule has 0 radical (unpaired) electrons. The number of amides is 3. The van der Waals surface area contributed by atoms with Crippen molar-refractivity contribution in [1.82, 2.24) is 15.1 Å². The number of hydrogen-bond donors (Lipinski definition) is 1. The highest BCUT2D eigenvalue weighted by Gasteiger charge is 2.52. The molecule has 2 fully saturated rings. The number of carbonyl (C=O) groups is 2. The first-order valence-electron chi connectivity index (χ1n) is 9.39. The number of nitrogens with zero attached hydrogens (tertiary/aromatic N) is 2. The number of hydrogen-bond acceptors (Lipinski definition) is 4. The highest BCUT2D eigenvalue weighted by atomic mass is 16.5. The molecule has 6 heteroatoms. The quantitative estimate of drug-likeness (QED) is 0.821. The fourth-order valence-electron chi connectivity index (χ4n) is 4.14. The van der Waals surface area contributed by atoms with Gasteiger partial charge in [0.15, 0.2) is 0 Å². The van der Waals surface area contributed by atoms with E-state index in [2.05, 4.69) is 24.1 Å². The Kier molecular flexibility index (Phi) is 5.34. The average Bonchev–Trinajstić information content (AvgIpc) is 2.79. The van der Waals surface area contributed by atoms with Crippen molar-refractivity contribution in [3.8, 4) is 0 Å². The summed E-state index contributed by atoms with van der Waals surface area (Å²) in [6, 6.07) is 9.26. The highest BCUT2D eigenvalue weighted by molar-refractivity contribution is 6.07. The van der Waals surface area contributed by atoms with Gasteiger partial charge in [0.2, 0.25) is 0 Å². The second-order valence-corrected chi connectivity index (χ2v) is 7.97. The maximum absolute atomic E-state index is 13.4. The van der Waals surface area contributed by atoms with E-state index in [1.807, 2.05) is 44.2 Å². The topological polar surface area (TPSA) is 61.9 Å². The predicted octanol–water partition coefficient (Wildman–Crippen LogP) is 2.55. The maximum atomic E-state index is 13.4. The van der Waals surface area contributed by atoms with E-state index in [1.165, 1.54) is 4.90 Å². The first-order chi connectivity index (χ1) is 12.3. The maximum Gasteiger partial charge on any atom is 0.326 e. The molecule has 3 rings (SSSR count). The van der Waals surface area contributed by atoms with E-state index < -0.39 is 5.54 Å². The summed E-state index contributed by atoms with van der Waals surface area (Å²) < 4.78 is 5.75. The standard InChI is InChI=1S/C20H29N3O3/c1-14(2)10-20(17-8-6-5-7-9-17)18(24)23(19(25)21-20)13-22-11-15(3)26-16(4)12-22/h5-9,14-16H,10-13H2,1-4H3,(H,21,25). The number of benzene rings is 1. The van der Waals surface area contributed by atoms with Crippen molar-refractivity contribution in [2.24, 2.45) is 5.92 Å². The Bertz CT molecular complexity index is 654. The smallest absolute Gasteiger partial charge is 0.326 e. The molecule has 0 bridgehead atoms. The predicted molar refractivity (Wildman–Crippen MR) is 99.4 cm³/mol. The largest absolute Gasteiger partial charge is 0.373 e. The van der Waals surface area contributed by atoms with Crippen LogP contribution >= 0.6 is 0 Å². The van der Waals surface area contributed by atoms with Gasteiger partial charge >= 0.3 is 6.03 Å². The molecule has 3 atom stereocenters. The number of morpholine rings is 1. The summed E-state index contributed by atoms with van der Waals surface area (Å²) in [6.07, 6.45) is 0.761. The summed E-state index contributed by atoms with van der Waals surface area (Å²) in [5.41, 5.74) is -0.131. The van der Waals surface area contributed by atoms with E-state index in [9.17, 15) is 9.59 Å². The van der Waals surface area contributed by atoms with Crippen molar-refractivity contribution < 1.29 is 14.3 Å². The van der Waals surface area contributed by atoms with Gasteiger partial charge in [-0.05, 0) is 31.7 Å². The van der Waals surface area contributed by atoms with Crippen LogP contribution in [0.3, 0.4) is 0 Å². The third kappa shape index (κ3) is 3.62. The van der Waals surface area contributed by atoms with Crippen molar-refractivity contribution >= 4 is 11.9 Å². The van der Waals surface area contributed by atoms with Gasteiger partial charge in [-0.15, -0.1) is 0 Å². The van der Waals surface area contributed by atoms with Gasteiger partial charge in [-0.3, -0.25) is 9.69 Å². The monoisotopic (exact) mass is 359 g/mol. The van der Waals surface area contributed by atoms with Crippen LogP contribution in [0.2, 0.25) is 0 Å². The Morgan fingerprint density at radius 1 is 1.15 bits per heavy atom. The summed E-state index contributed by atoms with van der Waals surface area (Å²) >= 11 is 0. The van der Waals surface area contributed by atoms with Gasteiger partial charge in [-0.25, -0.2) is 9.69 Å². The summed E-state index contributed by atoms with van der Waals surface area (Å²) in [5, 5.41) is 3.01. The molecule has 2 aliphatic heterocycles. The van der Waals surface area contributed by atoms with Gasteiger partial charge in [-0.2, -0.15) is 0 Å². The van der Waals surface area contributed by atoms with Gasteiger partial charge in [-0.1, -0.05) is 44.2 Å². The fraction of sp³-hybridized carbons (Fsp3) is 0.600. The van der Waals surface area contributed by atoms with Crippen LogP contribution in [0.25, 0.3) is 0 Å². The molecule has 0 aromatic heterocycles. The van der Waals surface area contributed by atoms with Crippen molar-refractivity contribution in [1.29, 1.82) is 0 Å². The number of urea groups is 1. The van der Waals surface area contributed by atoms with Crippen molar-refractivity contribution in [3.63, 3.8) is 0 Å². The minimum absolute atomic E-state index is 0.0917. The van der Waals surface area contributed by atoms with E-state index in [4.69, 9.17) is 4.74 Å². The van der Waals surface area contributed by atoms with Crippen molar-refractivity contribution in [2.45, 2.75) is 51.9 Å². The molecule has 2 aliphatic rings. The molecule has 0 aliphatic carbocycles. The van der Waals surface area contributed by atoms with Crippen LogP contribution in [0.4, 0.5) is 4.79 Å². The number of rotatable bonds is 5. The lowest BCUT2D eigenvalue weighted by molar-refractivity contribution is -0.136. The van der Waals surface area contributed by atoms with Crippen LogP contribution in [-0.2, 0) is 15.1 Å². The van der Waals surface area contributed by atoms with Gasteiger partial charge in [0, 0.05) is 13.1 Å². The third-order valence-corrected chi connectivity index (χ3v) is 4.99. The molecule has 0 spiro atoms. The summed E-state index contributed by atoms with van der Waals surface area (Å²) in [6.45, 7) is 9.89. The first kappa shape index (κ1) is 18.9. The minimum Gasteiger partial charge on any atom is -0.373 e. The van der Waals surface area contributed by atoms with Crippen molar-refractivity contribution in [3.05, 3.63) is 35.9 Å². The Balaban J connectivity index is 1.85. The summed E-state index contributed by atoms with van der Waals surface area (Å²) in [7, 11) is 0. The molecule has 1 aromatic carbocycles. The van der Waals surface area contributed by atoms with Crippen LogP contribution < -0.4 is 5.32 Å². The van der Waals surface area contributed by atoms with E-state index in [0.717, 1.165) is 5.56 Å². The second kappa shape index (κ2) is 7.37. The van der Waals surface area contributed by atoms with Crippen molar-refractivity contribution in [2.75, 3.05) is 19.8 Å². The van der Waals surface area contributed by atoms with Gasteiger partial charge in [0.05, 0.1) is 18.9 Å². The highest BCUT2D eigenvalue weighted by Crippen LogP contribution is 2.35. The van der Waals surface area contributed by atoms with Crippen LogP contribution in [0.15, 0.2) is 30.3 Å². The normalized spacial score (nSPS) is 30.1. The molecule has 1 aromatic rings. The number of ether oxygens (including phenoxy) is 1. The first-order valence-corrected chi connectivity index (χ1v) is 9.39. The fourth-order valence-corrected chi connectivity index (χ4v) is 4.14. The van der Waals surface area contributed by atoms with E-state index in [1.54, 1.807) is 0 Å². The zero-order valence-corrected chi connectivity index (χ0v) is 16.1. The number of imide groups is 1. The Labute approximate surface area is 155 Å². The molecular weight excluding hydrogens is 330 g/mol. The molecule has 3 amide bonds. The van der Waals surface area contributed by atoms with Crippen LogP contribution in [0, 0.1) is 5.92 Å². The molecular formula is C20H29N3O3. The molecule has 2 heterocycles. The van der Waals surface area contributed by atoms with E-state index >= 15 is 0 Å². The Morgan fingerprint density at radius 3 is 2.35 bits per heavy atom.